The molecule has 0 radical (unpaired) electrons. The van der Waals surface area contributed by atoms with Gasteiger partial charge in [-0.05, 0) is 51.3 Å². The minimum Gasteiger partial charge on any atom is -0.338 e. The number of nitrogens with zero attached hydrogens (tertiary/aromatic N) is 4. The second-order valence-electron chi connectivity index (χ2n) is 6.83. The van der Waals surface area contributed by atoms with Gasteiger partial charge in [-0.1, -0.05) is 11.8 Å². The third-order valence-electron chi connectivity index (χ3n) is 4.96. The van der Waals surface area contributed by atoms with Crippen LogP contribution in [0.15, 0.2) is 23.4 Å². The minimum atomic E-state index is -0.325. The summed E-state index contributed by atoms with van der Waals surface area (Å²) in [5.74, 6) is 0.0719. The Morgan fingerprint density at radius 2 is 2.08 bits per heavy atom. The standard InChI is InChI=1S/C18H20FN5OS/c1-10-4-3-5-11(2)24(10)15(25)9-26-18-21-17-16(22-23-18)13-8-12(19)6-7-14(13)20-17/h6-8,10-11H,3-5,9H2,1-2H3,(H,20,21,23). The number of carbonyl (C=O) groups is 1. The summed E-state index contributed by atoms with van der Waals surface area (Å²) in [4.78, 5) is 22.2. The third-order valence-corrected chi connectivity index (χ3v) is 5.79. The predicted molar refractivity (Wildman–Crippen MR) is 99.5 cm³/mol. The SMILES string of the molecule is CC1CCCC(C)N1C(=O)CSc1nnc2c(n1)[nH]c1ccc(F)cc12. The zero-order valence-electron chi connectivity index (χ0n) is 14.7. The van der Waals surface area contributed by atoms with Gasteiger partial charge < -0.3 is 9.88 Å². The van der Waals surface area contributed by atoms with Crippen molar-refractivity contribution in [2.24, 2.45) is 0 Å². The summed E-state index contributed by atoms with van der Waals surface area (Å²) in [6, 6.07) is 5.01. The molecule has 1 aliphatic rings. The average molecular weight is 373 g/mol. The third kappa shape index (κ3) is 3.13. The molecule has 1 aliphatic heterocycles. The molecule has 1 N–H and O–H groups in total. The fourth-order valence-electron chi connectivity index (χ4n) is 3.70. The van der Waals surface area contributed by atoms with Gasteiger partial charge in [0.2, 0.25) is 11.1 Å². The lowest BCUT2D eigenvalue weighted by molar-refractivity contribution is -0.134. The first kappa shape index (κ1) is 17.2. The van der Waals surface area contributed by atoms with Gasteiger partial charge in [0.15, 0.2) is 5.65 Å². The van der Waals surface area contributed by atoms with Crippen LogP contribution in [0, 0.1) is 5.82 Å². The van der Waals surface area contributed by atoms with Crippen LogP contribution >= 0.6 is 11.8 Å². The highest BCUT2D eigenvalue weighted by Gasteiger charge is 2.28. The summed E-state index contributed by atoms with van der Waals surface area (Å²) in [6.45, 7) is 4.21. The van der Waals surface area contributed by atoms with Crippen LogP contribution in [0.5, 0.6) is 0 Å². The summed E-state index contributed by atoms with van der Waals surface area (Å²) in [5, 5.41) is 9.37. The summed E-state index contributed by atoms with van der Waals surface area (Å²) in [7, 11) is 0. The van der Waals surface area contributed by atoms with Crippen LogP contribution in [0.1, 0.15) is 33.1 Å². The molecule has 26 heavy (non-hydrogen) atoms. The summed E-state index contributed by atoms with van der Waals surface area (Å²) < 4.78 is 13.4. The van der Waals surface area contributed by atoms with Crippen LogP contribution in [0.25, 0.3) is 22.1 Å². The Kier molecular flexibility index (Phi) is 4.52. The van der Waals surface area contributed by atoms with Gasteiger partial charge in [-0.25, -0.2) is 9.37 Å². The van der Waals surface area contributed by atoms with Crippen molar-refractivity contribution >= 4 is 39.7 Å². The lowest BCUT2D eigenvalue weighted by Gasteiger charge is -2.39. The number of likely N-dealkylation sites (tertiary alicyclic amines) is 1. The number of benzene rings is 1. The van der Waals surface area contributed by atoms with Crippen molar-refractivity contribution in [2.75, 3.05) is 5.75 Å². The van der Waals surface area contributed by atoms with E-state index in [1.165, 1.54) is 30.3 Å². The van der Waals surface area contributed by atoms with Crippen molar-refractivity contribution < 1.29 is 9.18 Å². The number of halogens is 1. The van der Waals surface area contributed by atoms with Crippen LogP contribution in [0.2, 0.25) is 0 Å². The predicted octanol–water partition coefficient (Wildman–Crippen LogP) is 3.53. The number of thioether (sulfide) groups is 1. The number of carbonyl (C=O) groups excluding carboxylic acids is 1. The van der Waals surface area contributed by atoms with E-state index >= 15 is 0 Å². The first-order valence-corrected chi connectivity index (χ1v) is 9.77. The topological polar surface area (TPSA) is 74.8 Å². The van der Waals surface area contributed by atoms with E-state index in [1.807, 2.05) is 4.90 Å². The fourth-order valence-corrected chi connectivity index (χ4v) is 4.36. The zero-order valence-corrected chi connectivity index (χ0v) is 15.5. The maximum Gasteiger partial charge on any atom is 0.233 e. The second-order valence-corrected chi connectivity index (χ2v) is 7.77. The molecule has 1 amide bonds. The van der Waals surface area contributed by atoms with Crippen molar-refractivity contribution in [3.8, 4) is 0 Å². The fraction of sp³-hybridized carbons (Fsp3) is 0.444. The summed E-state index contributed by atoms with van der Waals surface area (Å²) >= 11 is 1.28. The Morgan fingerprint density at radius 1 is 1.31 bits per heavy atom. The molecule has 136 valence electrons. The van der Waals surface area contributed by atoms with Crippen molar-refractivity contribution in [1.82, 2.24) is 25.1 Å². The Labute approximate surface area is 154 Å². The minimum absolute atomic E-state index is 0.108. The van der Waals surface area contributed by atoms with E-state index in [9.17, 15) is 9.18 Å². The van der Waals surface area contributed by atoms with E-state index in [-0.39, 0.29) is 29.6 Å². The van der Waals surface area contributed by atoms with Gasteiger partial charge in [0.1, 0.15) is 11.3 Å². The molecule has 4 rings (SSSR count). The first-order valence-electron chi connectivity index (χ1n) is 8.78. The van der Waals surface area contributed by atoms with Crippen LogP contribution in [-0.4, -0.2) is 48.8 Å². The summed E-state index contributed by atoms with van der Waals surface area (Å²) in [5.41, 5.74) is 1.85. The lowest BCUT2D eigenvalue weighted by atomic mass is 9.98. The molecular weight excluding hydrogens is 353 g/mol. The van der Waals surface area contributed by atoms with E-state index in [1.54, 1.807) is 6.07 Å². The van der Waals surface area contributed by atoms with Gasteiger partial charge in [0, 0.05) is 23.0 Å². The monoisotopic (exact) mass is 373 g/mol. The molecule has 3 aromatic rings. The highest BCUT2D eigenvalue weighted by Crippen LogP contribution is 2.26. The molecule has 6 nitrogen and oxygen atoms in total. The number of aromatic amines is 1. The Hall–Kier alpha value is -2.22. The van der Waals surface area contributed by atoms with Crippen LogP contribution in [0.4, 0.5) is 4.39 Å². The van der Waals surface area contributed by atoms with E-state index in [0.717, 1.165) is 18.4 Å². The van der Waals surface area contributed by atoms with E-state index < -0.39 is 0 Å². The molecule has 1 aromatic carbocycles. The van der Waals surface area contributed by atoms with Gasteiger partial charge in [0.05, 0.1) is 5.75 Å². The van der Waals surface area contributed by atoms with Gasteiger partial charge in [-0.3, -0.25) is 4.79 Å². The van der Waals surface area contributed by atoms with Crippen LogP contribution in [0.3, 0.4) is 0 Å². The molecule has 8 heteroatoms. The van der Waals surface area contributed by atoms with Crippen LogP contribution in [-0.2, 0) is 4.79 Å². The average Bonchev–Trinajstić information content (AvgIpc) is 2.97. The van der Waals surface area contributed by atoms with E-state index in [4.69, 9.17) is 0 Å². The second kappa shape index (κ2) is 6.83. The highest BCUT2D eigenvalue weighted by molar-refractivity contribution is 7.99. The number of amides is 1. The number of H-pyrrole nitrogens is 1. The Balaban J connectivity index is 1.52. The van der Waals surface area contributed by atoms with Crippen molar-refractivity contribution in [2.45, 2.75) is 50.4 Å². The molecule has 0 aliphatic carbocycles. The Bertz CT molecular complexity index is 965. The lowest BCUT2D eigenvalue weighted by Crippen LogP contribution is -2.48. The maximum absolute atomic E-state index is 13.4. The molecule has 2 aromatic heterocycles. The molecule has 0 bridgehead atoms. The van der Waals surface area contributed by atoms with Gasteiger partial charge >= 0.3 is 0 Å². The largest absolute Gasteiger partial charge is 0.338 e. The number of aromatic nitrogens is 4. The summed E-state index contributed by atoms with van der Waals surface area (Å²) in [6.07, 6.45) is 3.27. The molecule has 1 fully saturated rings. The molecule has 0 spiro atoms. The smallest absolute Gasteiger partial charge is 0.233 e. The van der Waals surface area contributed by atoms with E-state index in [0.29, 0.717) is 21.7 Å². The zero-order chi connectivity index (χ0) is 18.3. The first-order chi connectivity index (χ1) is 12.5. The highest BCUT2D eigenvalue weighted by atomic mass is 32.2. The normalized spacial score (nSPS) is 20.8. The molecule has 3 heterocycles. The Morgan fingerprint density at radius 3 is 2.85 bits per heavy atom. The number of rotatable bonds is 3. The molecule has 2 atom stereocenters. The van der Waals surface area contributed by atoms with Crippen LogP contribution < -0.4 is 0 Å². The molecule has 1 saturated heterocycles. The quantitative estimate of drug-likeness (QED) is 0.711. The number of hydrogen-bond donors (Lipinski definition) is 1. The van der Waals surface area contributed by atoms with E-state index in [2.05, 4.69) is 34.0 Å². The number of fused-ring (bicyclic) bond motifs is 3. The maximum atomic E-state index is 13.4. The van der Waals surface area contributed by atoms with Gasteiger partial charge in [-0.2, -0.15) is 0 Å². The molecular formula is C18H20FN5OS. The number of nitrogens with one attached hydrogen (secondary N) is 1. The molecule has 2 unspecified atom stereocenters. The molecule has 0 saturated carbocycles. The van der Waals surface area contributed by atoms with Crippen molar-refractivity contribution in [3.05, 3.63) is 24.0 Å². The van der Waals surface area contributed by atoms with Crippen molar-refractivity contribution in [3.63, 3.8) is 0 Å². The van der Waals surface area contributed by atoms with Crippen molar-refractivity contribution in [1.29, 1.82) is 0 Å². The number of hydrogen-bond acceptors (Lipinski definition) is 5. The van der Waals surface area contributed by atoms with Gasteiger partial charge in [0.25, 0.3) is 0 Å². The number of piperidine rings is 1. The van der Waals surface area contributed by atoms with Gasteiger partial charge in [-0.15, -0.1) is 10.2 Å².